The van der Waals surface area contributed by atoms with Gasteiger partial charge in [0.2, 0.25) is 0 Å². The molecule has 0 aromatic heterocycles. The van der Waals surface area contributed by atoms with Gasteiger partial charge in [0.1, 0.15) is 11.9 Å². The van der Waals surface area contributed by atoms with Gasteiger partial charge >= 0.3 is 5.97 Å². The Kier molecular flexibility index (Phi) is 11.9. The Bertz CT molecular complexity index is 1140. The van der Waals surface area contributed by atoms with Crippen molar-refractivity contribution in [1.29, 1.82) is 0 Å². The van der Waals surface area contributed by atoms with Crippen LogP contribution in [0, 0.1) is 12.8 Å². The van der Waals surface area contributed by atoms with Crippen LogP contribution in [0.15, 0.2) is 72.3 Å². The highest BCUT2D eigenvalue weighted by molar-refractivity contribution is 5.94. The van der Waals surface area contributed by atoms with E-state index >= 15 is 0 Å². The van der Waals surface area contributed by atoms with Crippen molar-refractivity contribution < 1.29 is 19.4 Å². The molecular formula is C32H41NO4. The molecule has 0 spiro atoms. The standard InChI is InChI=1S/C32H41NO4/c1-7-9-25(12-11-23(5)22(3)4)29-18-15-27(21-24(29)6)30(10-8-2)37-28-16-13-26(14-17-28)32(36)33-20-19-31(34)35/h7,9,11-18,21-22,30H,8,10,19-20H2,1-6H3,(H,33,36)(H,34,35)/b9-7-,23-11+,25-12+. The number of hydrogen-bond donors (Lipinski definition) is 2. The number of allylic oxidation sites excluding steroid dienone is 6. The monoisotopic (exact) mass is 503 g/mol. The van der Waals surface area contributed by atoms with E-state index in [0.29, 0.717) is 17.2 Å². The van der Waals surface area contributed by atoms with Crippen molar-refractivity contribution in [3.05, 3.63) is 94.6 Å². The number of benzene rings is 2. The smallest absolute Gasteiger partial charge is 0.305 e. The summed E-state index contributed by atoms with van der Waals surface area (Å²) in [7, 11) is 0. The summed E-state index contributed by atoms with van der Waals surface area (Å²) in [6.45, 7) is 13.0. The molecule has 0 bridgehead atoms. The maximum atomic E-state index is 12.2. The van der Waals surface area contributed by atoms with Crippen LogP contribution in [0.25, 0.3) is 5.57 Å². The SMILES string of the molecule is C\C=C/C(=C\C=C(/C)C(C)C)c1ccc(C(CCC)Oc2ccc(C(=O)NCCC(=O)O)cc2)cc1C. The molecule has 0 aliphatic carbocycles. The van der Waals surface area contributed by atoms with Gasteiger partial charge in [0.05, 0.1) is 6.42 Å². The zero-order valence-corrected chi connectivity index (χ0v) is 23.0. The van der Waals surface area contributed by atoms with Crippen LogP contribution in [0.2, 0.25) is 0 Å². The van der Waals surface area contributed by atoms with Gasteiger partial charge in [-0.25, -0.2) is 0 Å². The number of hydrogen-bond acceptors (Lipinski definition) is 3. The Morgan fingerprint density at radius 3 is 2.35 bits per heavy atom. The molecule has 0 aliphatic rings. The van der Waals surface area contributed by atoms with E-state index in [4.69, 9.17) is 9.84 Å². The van der Waals surface area contributed by atoms with Crippen LogP contribution in [-0.2, 0) is 4.79 Å². The number of ether oxygens (including phenoxy) is 1. The van der Waals surface area contributed by atoms with E-state index < -0.39 is 5.97 Å². The molecule has 0 aliphatic heterocycles. The Hall–Kier alpha value is -3.60. The van der Waals surface area contributed by atoms with Crippen LogP contribution in [-0.4, -0.2) is 23.5 Å². The van der Waals surface area contributed by atoms with Gasteiger partial charge in [0.25, 0.3) is 5.91 Å². The van der Waals surface area contributed by atoms with Crippen molar-refractivity contribution in [3.63, 3.8) is 0 Å². The molecule has 0 radical (unpaired) electrons. The summed E-state index contributed by atoms with van der Waals surface area (Å²) in [5, 5.41) is 11.3. The van der Waals surface area contributed by atoms with Crippen LogP contribution in [0.3, 0.4) is 0 Å². The quantitative estimate of drug-likeness (QED) is 0.275. The van der Waals surface area contributed by atoms with Crippen molar-refractivity contribution >= 4 is 17.4 Å². The second-order valence-electron chi connectivity index (χ2n) is 9.58. The molecule has 0 heterocycles. The molecule has 1 amide bonds. The van der Waals surface area contributed by atoms with Gasteiger partial charge in [-0.15, -0.1) is 0 Å². The van der Waals surface area contributed by atoms with Crippen LogP contribution >= 0.6 is 0 Å². The molecule has 198 valence electrons. The highest BCUT2D eigenvalue weighted by atomic mass is 16.5. The minimum Gasteiger partial charge on any atom is -0.486 e. The lowest BCUT2D eigenvalue weighted by Crippen LogP contribution is -2.25. The van der Waals surface area contributed by atoms with E-state index in [9.17, 15) is 9.59 Å². The molecule has 2 aromatic carbocycles. The zero-order chi connectivity index (χ0) is 27.4. The average molecular weight is 504 g/mol. The topological polar surface area (TPSA) is 75.6 Å². The maximum absolute atomic E-state index is 12.2. The third-order valence-corrected chi connectivity index (χ3v) is 6.29. The lowest BCUT2D eigenvalue weighted by atomic mass is 9.94. The van der Waals surface area contributed by atoms with E-state index in [1.165, 1.54) is 22.3 Å². The Morgan fingerprint density at radius 1 is 1.08 bits per heavy atom. The fourth-order valence-corrected chi connectivity index (χ4v) is 3.83. The van der Waals surface area contributed by atoms with Gasteiger partial charge in [0.15, 0.2) is 0 Å². The highest BCUT2D eigenvalue weighted by Gasteiger charge is 2.15. The van der Waals surface area contributed by atoms with Crippen LogP contribution in [0.5, 0.6) is 5.75 Å². The molecule has 5 nitrogen and oxygen atoms in total. The molecule has 37 heavy (non-hydrogen) atoms. The molecule has 1 atom stereocenters. The Balaban J connectivity index is 2.22. The molecule has 2 rings (SSSR count). The number of aliphatic carboxylic acids is 1. The Labute approximate surface area is 221 Å². The van der Waals surface area contributed by atoms with E-state index in [1.54, 1.807) is 24.3 Å². The number of carboxylic acid groups (broad SMARTS) is 1. The fraction of sp³-hybridized carbons (Fsp3) is 0.375. The number of aryl methyl sites for hydroxylation is 1. The summed E-state index contributed by atoms with van der Waals surface area (Å²) in [5.41, 5.74) is 6.49. The highest BCUT2D eigenvalue weighted by Crippen LogP contribution is 2.30. The van der Waals surface area contributed by atoms with Gasteiger partial charge in [0, 0.05) is 12.1 Å². The largest absolute Gasteiger partial charge is 0.486 e. The third kappa shape index (κ3) is 9.41. The van der Waals surface area contributed by atoms with Crippen LogP contribution < -0.4 is 10.1 Å². The van der Waals surface area contributed by atoms with Crippen LogP contribution in [0.1, 0.15) is 87.0 Å². The second-order valence-corrected chi connectivity index (χ2v) is 9.58. The predicted octanol–water partition coefficient (Wildman–Crippen LogP) is 7.68. The van der Waals surface area contributed by atoms with E-state index in [1.807, 2.05) is 6.92 Å². The first-order chi connectivity index (χ1) is 17.7. The number of carbonyl (C=O) groups is 2. The first-order valence-corrected chi connectivity index (χ1v) is 13.0. The summed E-state index contributed by atoms with van der Waals surface area (Å²) in [4.78, 5) is 22.9. The number of rotatable bonds is 13. The fourth-order valence-electron chi connectivity index (χ4n) is 3.83. The second kappa shape index (κ2) is 14.8. The molecule has 5 heteroatoms. The van der Waals surface area contributed by atoms with Crippen molar-refractivity contribution in [3.8, 4) is 5.75 Å². The van der Waals surface area contributed by atoms with E-state index in [2.05, 4.69) is 82.4 Å². The summed E-state index contributed by atoms with van der Waals surface area (Å²) in [6, 6.07) is 13.5. The maximum Gasteiger partial charge on any atom is 0.305 e. The van der Waals surface area contributed by atoms with E-state index in [-0.39, 0.29) is 25.0 Å². The zero-order valence-electron chi connectivity index (χ0n) is 23.0. The van der Waals surface area contributed by atoms with Crippen molar-refractivity contribution in [2.24, 2.45) is 5.92 Å². The molecule has 0 saturated heterocycles. The summed E-state index contributed by atoms with van der Waals surface area (Å²) in [6.07, 6.45) is 10.2. The molecule has 2 aromatic rings. The lowest BCUT2D eigenvalue weighted by Gasteiger charge is -2.21. The van der Waals surface area contributed by atoms with Gasteiger partial charge in [-0.2, -0.15) is 0 Å². The Morgan fingerprint density at radius 2 is 1.78 bits per heavy atom. The van der Waals surface area contributed by atoms with Crippen molar-refractivity contribution in [1.82, 2.24) is 5.32 Å². The number of carboxylic acids is 1. The normalized spacial score (nSPS) is 13.2. The minimum absolute atomic E-state index is 0.0961. The molecular weight excluding hydrogens is 462 g/mol. The van der Waals surface area contributed by atoms with Crippen LogP contribution in [0.4, 0.5) is 0 Å². The predicted molar refractivity (Wildman–Crippen MR) is 152 cm³/mol. The first-order valence-electron chi connectivity index (χ1n) is 13.0. The minimum atomic E-state index is -0.943. The number of amides is 1. The van der Waals surface area contributed by atoms with Crippen molar-refractivity contribution in [2.45, 2.75) is 66.9 Å². The summed E-state index contributed by atoms with van der Waals surface area (Å²) in [5.74, 6) is -0.0426. The van der Waals surface area contributed by atoms with Gasteiger partial charge in [-0.3, -0.25) is 9.59 Å². The first kappa shape index (κ1) is 29.6. The average Bonchev–Trinajstić information content (AvgIpc) is 2.86. The van der Waals surface area contributed by atoms with Crippen molar-refractivity contribution in [2.75, 3.05) is 6.54 Å². The molecule has 0 fully saturated rings. The molecule has 0 saturated carbocycles. The number of carbonyl (C=O) groups excluding carboxylic acids is 1. The van der Waals surface area contributed by atoms with Gasteiger partial charge < -0.3 is 15.2 Å². The van der Waals surface area contributed by atoms with Gasteiger partial charge in [-0.05, 0) is 79.6 Å². The summed E-state index contributed by atoms with van der Waals surface area (Å²) < 4.78 is 6.35. The van der Waals surface area contributed by atoms with Gasteiger partial charge in [-0.1, -0.05) is 75.3 Å². The van der Waals surface area contributed by atoms with E-state index in [0.717, 1.165) is 18.4 Å². The molecule has 2 N–H and O–H groups in total. The third-order valence-electron chi connectivity index (χ3n) is 6.29. The number of nitrogens with one attached hydrogen (secondary N) is 1. The molecule has 1 unspecified atom stereocenters. The summed E-state index contributed by atoms with van der Waals surface area (Å²) >= 11 is 0. The lowest BCUT2D eigenvalue weighted by molar-refractivity contribution is -0.136.